The number of hydrogen-bond donors (Lipinski definition) is 1. The third-order valence-electron chi connectivity index (χ3n) is 3.04. The van der Waals surface area contributed by atoms with Gasteiger partial charge >= 0.3 is 5.97 Å². The number of benzene rings is 2. The molecule has 0 bridgehead atoms. The van der Waals surface area contributed by atoms with Crippen LogP contribution in [0.4, 0.5) is 8.78 Å². The number of carboxylic acid groups (broad SMARTS) is 1. The van der Waals surface area contributed by atoms with Crippen molar-refractivity contribution in [1.82, 2.24) is 0 Å². The fraction of sp³-hybridized carbons (Fsp3) is 0.133. The highest BCUT2D eigenvalue weighted by atomic mass is 19.2. The lowest BCUT2D eigenvalue weighted by Crippen LogP contribution is -2.02. The molecule has 0 radical (unpaired) electrons. The number of hydrogen-bond acceptors (Lipinski definition) is 1. The van der Waals surface area contributed by atoms with Gasteiger partial charge in [0.05, 0.1) is 5.56 Å². The lowest BCUT2D eigenvalue weighted by atomic mass is 9.94. The minimum atomic E-state index is -1.09. The maximum absolute atomic E-state index is 13.8. The van der Waals surface area contributed by atoms with Crippen molar-refractivity contribution in [2.24, 2.45) is 0 Å². The Balaban J connectivity index is 2.72. The summed E-state index contributed by atoms with van der Waals surface area (Å²) in [4.78, 5) is 11.1. The number of aryl methyl sites for hydroxylation is 2. The van der Waals surface area contributed by atoms with Gasteiger partial charge in [0.25, 0.3) is 0 Å². The molecule has 0 aliphatic rings. The summed E-state index contributed by atoms with van der Waals surface area (Å²) in [7, 11) is 0. The Morgan fingerprint density at radius 2 is 1.74 bits per heavy atom. The molecule has 0 unspecified atom stereocenters. The van der Waals surface area contributed by atoms with Crippen molar-refractivity contribution in [3.63, 3.8) is 0 Å². The molecule has 2 nitrogen and oxygen atoms in total. The Kier molecular flexibility index (Phi) is 3.34. The van der Waals surface area contributed by atoms with Crippen LogP contribution in [-0.2, 0) is 0 Å². The normalized spacial score (nSPS) is 10.5. The number of rotatable bonds is 2. The van der Waals surface area contributed by atoms with Crippen molar-refractivity contribution in [3.05, 3.63) is 58.7 Å². The maximum atomic E-state index is 13.8. The van der Waals surface area contributed by atoms with Crippen LogP contribution in [-0.4, -0.2) is 11.1 Å². The molecule has 0 aliphatic carbocycles. The quantitative estimate of drug-likeness (QED) is 0.889. The first kappa shape index (κ1) is 13.2. The summed E-state index contributed by atoms with van der Waals surface area (Å²) in [5.41, 5.74) is 1.84. The van der Waals surface area contributed by atoms with Gasteiger partial charge < -0.3 is 5.11 Å². The first-order valence-corrected chi connectivity index (χ1v) is 5.70. The minimum Gasteiger partial charge on any atom is -0.478 e. The number of aromatic carboxylic acids is 1. The molecule has 0 heterocycles. The summed E-state index contributed by atoms with van der Waals surface area (Å²) in [6, 6.07) is 6.89. The van der Waals surface area contributed by atoms with Crippen molar-refractivity contribution < 1.29 is 18.7 Å². The zero-order chi connectivity index (χ0) is 14.2. The summed E-state index contributed by atoms with van der Waals surface area (Å²) >= 11 is 0. The summed E-state index contributed by atoms with van der Waals surface area (Å²) in [5.74, 6) is -3.00. The topological polar surface area (TPSA) is 37.3 Å². The van der Waals surface area contributed by atoms with Gasteiger partial charge in [0, 0.05) is 5.56 Å². The van der Waals surface area contributed by atoms with Crippen LogP contribution in [0.3, 0.4) is 0 Å². The van der Waals surface area contributed by atoms with Crippen molar-refractivity contribution in [1.29, 1.82) is 0 Å². The van der Waals surface area contributed by atoms with E-state index in [0.717, 1.165) is 6.07 Å². The van der Waals surface area contributed by atoms with Crippen LogP contribution < -0.4 is 0 Å². The molecular formula is C15H12F2O2. The van der Waals surface area contributed by atoms with E-state index in [2.05, 4.69) is 0 Å². The van der Waals surface area contributed by atoms with Gasteiger partial charge in [0.1, 0.15) is 0 Å². The molecule has 0 saturated heterocycles. The third kappa shape index (κ3) is 2.34. The van der Waals surface area contributed by atoms with Crippen molar-refractivity contribution in [3.8, 4) is 11.1 Å². The summed E-state index contributed by atoms with van der Waals surface area (Å²) in [6.07, 6.45) is 0. The average molecular weight is 262 g/mol. The highest BCUT2D eigenvalue weighted by Gasteiger charge is 2.15. The summed E-state index contributed by atoms with van der Waals surface area (Å²) < 4.78 is 27.0. The van der Waals surface area contributed by atoms with Crippen molar-refractivity contribution >= 4 is 5.97 Å². The van der Waals surface area contributed by atoms with Gasteiger partial charge in [-0.25, -0.2) is 13.6 Å². The Morgan fingerprint density at radius 1 is 1.05 bits per heavy atom. The fourth-order valence-corrected chi connectivity index (χ4v) is 2.08. The molecule has 0 atom stereocenters. The largest absolute Gasteiger partial charge is 0.478 e. The average Bonchev–Trinajstić information content (AvgIpc) is 2.33. The molecule has 0 fully saturated rings. The highest BCUT2D eigenvalue weighted by Crippen LogP contribution is 2.29. The van der Waals surface area contributed by atoms with E-state index in [1.54, 1.807) is 19.9 Å². The molecule has 4 heteroatoms. The molecular weight excluding hydrogens is 250 g/mol. The predicted octanol–water partition coefficient (Wildman–Crippen LogP) is 3.95. The molecule has 0 aliphatic heterocycles. The SMILES string of the molecule is Cc1cc(C)c(-c2cccc(F)c2F)cc1C(=O)O. The van der Waals surface area contributed by atoms with E-state index in [9.17, 15) is 13.6 Å². The molecule has 0 amide bonds. The second-order valence-corrected chi connectivity index (χ2v) is 4.39. The second kappa shape index (κ2) is 4.80. The van der Waals surface area contributed by atoms with Gasteiger partial charge in [0.2, 0.25) is 0 Å². The molecule has 19 heavy (non-hydrogen) atoms. The van der Waals surface area contributed by atoms with E-state index in [0.29, 0.717) is 16.7 Å². The van der Waals surface area contributed by atoms with Gasteiger partial charge in [-0.1, -0.05) is 18.2 Å². The van der Waals surface area contributed by atoms with Crippen molar-refractivity contribution in [2.75, 3.05) is 0 Å². The highest BCUT2D eigenvalue weighted by molar-refractivity contribution is 5.91. The molecule has 1 N–H and O–H groups in total. The van der Waals surface area contributed by atoms with E-state index in [1.807, 2.05) is 0 Å². The van der Waals surface area contributed by atoms with Crippen LogP contribution in [0.1, 0.15) is 21.5 Å². The monoisotopic (exact) mass is 262 g/mol. The van der Waals surface area contributed by atoms with Gasteiger partial charge in [-0.05, 0) is 42.7 Å². The minimum absolute atomic E-state index is 0.0694. The molecule has 2 aromatic rings. The fourth-order valence-electron chi connectivity index (χ4n) is 2.08. The number of carbonyl (C=O) groups is 1. The second-order valence-electron chi connectivity index (χ2n) is 4.39. The molecule has 0 aromatic heterocycles. The lowest BCUT2D eigenvalue weighted by molar-refractivity contribution is 0.0696. The predicted molar refractivity (Wildman–Crippen MR) is 68.2 cm³/mol. The van der Waals surface area contributed by atoms with E-state index in [4.69, 9.17) is 5.11 Å². The molecule has 98 valence electrons. The summed E-state index contributed by atoms with van der Waals surface area (Å²) in [6.45, 7) is 3.40. The van der Waals surface area contributed by atoms with Crippen LogP contribution in [0.15, 0.2) is 30.3 Å². The van der Waals surface area contributed by atoms with Crippen LogP contribution in [0, 0.1) is 25.5 Å². The smallest absolute Gasteiger partial charge is 0.335 e. The summed E-state index contributed by atoms with van der Waals surface area (Å²) in [5, 5.41) is 9.08. The Labute approximate surface area is 109 Å². The van der Waals surface area contributed by atoms with Crippen LogP contribution in [0.5, 0.6) is 0 Å². The van der Waals surface area contributed by atoms with E-state index < -0.39 is 17.6 Å². The Hall–Kier alpha value is -2.23. The van der Waals surface area contributed by atoms with Gasteiger partial charge in [0.15, 0.2) is 11.6 Å². The zero-order valence-electron chi connectivity index (χ0n) is 10.5. The number of carboxylic acids is 1. The number of halogens is 2. The standard InChI is InChI=1S/C15H12F2O2/c1-8-6-9(2)12(15(18)19)7-11(8)10-4-3-5-13(16)14(10)17/h3-7H,1-2H3,(H,18,19). The van der Waals surface area contributed by atoms with Gasteiger partial charge in [-0.2, -0.15) is 0 Å². The van der Waals surface area contributed by atoms with Crippen molar-refractivity contribution in [2.45, 2.75) is 13.8 Å². The molecule has 0 saturated carbocycles. The molecule has 2 rings (SSSR count). The Morgan fingerprint density at radius 3 is 2.37 bits per heavy atom. The first-order chi connectivity index (χ1) is 8.91. The van der Waals surface area contributed by atoms with Crippen LogP contribution in [0.25, 0.3) is 11.1 Å². The van der Waals surface area contributed by atoms with E-state index in [1.165, 1.54) is 18.2 Å². The van der Waals surface area contributed by atoms with Crippen LogP contribution in [0.2, 0.25) is 0 Å². The molecule has 0 spiro atoms. The first-order valence-electron chi connectivity index (χ1n) is 5.70. The van der Waals surface area contributed by atoms with E-state index >= 15 is 0 Å². The lowest BCUT2D eigenvalue weighted by Gasteiger charge is -2.11. The third-order valence-corrected chi connectivity index (χ3v) is 3.04. The molecule has 2 aromatic carbocycles. The van der Waals surface area contributed by atoms with Gasteiger partial charge in [-0.15, -0.1) is 0 Å². The zero-order valence-corrected chi connectivity index (χ0v) is 10.5. The van der Waals surface area contributed by atoms with Gasteiger partial charge in [-0.3, -0.25) is 0 Å². The Bertz CT molecular complexity index is 663. The van der Waals surface area contributed by atoms with E-state index in [-0.39, 0.29) is 11.1 Å². The van der Waals surface area contributed by atoms with Crippen LogP contribution >= 0.6 is 0 Å². The maximum Gasteiger partial charge on any atom is 0.335 e.